The molecule has 0 aromatic heterocycles. The maximum atomic E-state index is 8.89. The molecule has 0 radical (unpaired) electrons. The van der Waals surface area contributed by atoms with Gasteiger partial charge in [0.2, 0.25) is 0 Å². The SMILES string of the molecule is CCC(C#N)CCC(C)C1CCCNC1. The van der Waals surface area contributed by atoms with E-state index in [1.165, 1.54) is 32.4 Å². The van der Waals surface area contributed by atoms with Gasteiger partial charge in [0.15, 0.2) is 0 Å². The fraction of sp³-hybridized carbons (Fsp3) is 0.923. The number of hydrogen-bond donors (Lipinski definition) is 1. The van der Waals surface area contributed by atoms with E-state index in [1.807, 2.05) is 0 Å². The third-order valence-corrected chi connectivity index (χ3v) is 3.79. The summed E-state index contributed by atoms with van der Waals surface area (Å²) in [5.41, 5.74) is 0. The minimum absolute atomic E-state index is 0.281. The van der Waals surface area contributed by atoms with E-state index in [1.54, 1.807) is 0 Å². The summed E-state index contributed by atoms with van der Waals surface area (Å²) in [5.74, 6) is 1.90. The van der Waals surface area contributed by atoms with E-state index < -0.39 is 0 Å². The molecule has 1 saturated heterocycles. The number of nitrogens with zero attached hydrogens (tertiary/aromatic N) is 1. The van der Waals surface area contributed by atoms with E-state index >= 15 is 0 Å². The average Bonchev–Trinajstić information content (AvgIpc) is 2.31. The summed E-state index contributed by atoms with van der Waals surface area (Å²) < 4.78 is 0. The topological polar surface area (TPSA) is 35.8 Å². The number of hydrogen-bond acceptors (Lipinski definition) is 2. The molecule has 1 heterocycles. The molecular formula is C13H24N2. The van der Waals surface area contributed by atoms with Gasteiger partial charge in [-0.05, 0) is 57.0 Å². The molecule has 0 saturated carbocycles. The van der Waals surface area contributed by atoms with Gasteiger partial charge < -0.3 is 5.32 Å². The Bertz CT molecular complexity index is 201. The van der Waals surface area contributed by atoms with Crippen molar-refractivity contribution in [1.29, 1.82) is 5.26 Å². The van der Waals surface area contributed by atoms with Crippen molar-refractivity contribution in [2.75, 3.05) is 13.1 Å². The van der Waals surface area contributed by atoms with Gasteiger partial charge in [0.25, 0.3) is 0 Å². The molecule has 3 unspecified atom stereocenters. The van der Waals surface area contributed by atoms with E-state index in [0.29, 0.717) is 0 Å². The summed E-state index contributed by atoms with van der Waals surface area (Å²) in [6, 6.07) is 2.39. The Morgan fingerprint density at radius 3 is 2.80 bits per heavy atom. The van der Waals surface area contributed by atoms with Gasteiger partial charge in [-0.3, -0.25) is 0 Å². The van der Waals surface area contributed by atoms with Gasteiger partial charge in [-0.1, -0.05) is 13.8 Å². The van der Waals surface area contributed by atoms with Crippen LogP contribution in [0.1, 0.15) is 46.0 Å². The van der Waals surface area contributed by atoms with Crippen molar-refractivity contribution in [3.63, 3.8) is 0 Å². The minimum atomic E-state index is 0.281. The van der Waals surface area contributed by atoms with Crippen LogP contribution in [0.4, 0.5) is 0 Å². The lowest BCUT2D eigenvalue weighted by Gasteiger charge is -2.28. The molecule has 0 aliphatic carbocycles. The maximum absolute atomic E-state index is 8.89. The van der Waals surface area contributed by atoms with E-state index in [2.05, 4.69) is 25.2 Å². The first-order valence-corrected chi connectivity index (χ1v) is 6.38. The van der Waals surface area contributed by atoms with Crippen molar-refractivity contribution in [1.82, 2.24) is 5.32 Å². The van der Waals surface area contributed by atoms with E-state index in [0.717, 1.165) is 24.7 Å². The van der Waals surface area contributed by atoms with Gasteiger partial charge in [0.05, 0.1) is 6.07 Å². The lowest BCUT2D eigenvalue weighted by Crippen LogP contribution is -2.33. The van der Waals surface area contributed by atoms with Crippen LogP contribution in [0.5, 0.6) is 0 Å². The first-order chi connectivity index (χ1) is 7.27. The fourth-order valence-electron chi connectivity index (χ4n) is 2.42. The molecule has 1 rings (SSSR count). The zero-order valence-electron chi connectivity index (χ0n) is 10.1. The van der Waals surface area contributed by atoms with Crippen molar-refractivity contribution >= 4 is 0 Å². The van der Waals surface area contributed by atoms with Crippen LogP contribution in [0.15, 0.2) is 0 Å². The molecule has 3 atom stereocenters. The van der Waals surface area contributed by atoms with Crippen molar-refractivity contribution in [3.8, 4) is 6.07 Å². The third kappa shape index (κ3) is 4.22. The summed E-state index contributed by atoms with van der Waals surface area (Å²) >= 11 is 0. The van der Waals surface area contributed by atoms with Crippen LogP contribution < -0.4 is 5.32 Å². The lowest BCUT2D eigenvalue weighted by atomic mass is 9.83. The molecule has 0 amide bonds. The normalized spacial score (nSPS) is 25.5. The summed E-state index contributed by atoms with van der Waals surface area (Å²) in [4.78, 5) is 0. The molecule has 1 N–H and O–H groups in total. The zero-order valence-corrected chi connectivity index (χ0v) is 10.1. The maximum Gasteiger partial charge on any atom is 0.0655 e. The van der Waals surface area contributed by atoms with Gasteiger partial charge in [0.1, 0.15) is 0 Å². The second-order valence-electron chi connectivity index (χ2n) is 4.90. The monoisotopic (exact) mass is 208 g/mol. The molecule has 0 aromatic rings. The molecule has 1 fully saturated rings. The number of nitrogens with one attached hydrogen (secondary N) is 1. The first-order valence-electron chi connectivity index (χ1n) is 6.38. The predicted octanol–water partition coefficient (Wildman–Crippen LogP) is 2.95. The average molecular weight is 208 g/mol. The highest BCUT2D eigenvalue weighted by Crippen LogP contribution is 2.25. The van der Waals surface area contributed by atoms with E-state index in [4.69, 9.17) is 5.26 Å². The molecule has 15 heavy (non-hydrogen) atoms. The second-order valence-corrected chi connectivity index (χ2v) is 4.90. The van der Waals surface area contributed by atoms with E-state index in [-0.39, 0.29) is 5.92 Å². The Kier molecular flexibility index (Phi) is 5.71. The highest BCUT2D eigenvalue weighted by molar-refractivity contribution is 4.83. The summed E-state index contributed by atoms with van der Waals surface area (Å²) in [6.07, 6.45) is 6.01. The van der Waals surface area contributed by atoms with Crippen LogP contribution in [-0.2, 0) is 0 Å². The Morgan fingerprint density at radius 2 is 2.27 bits per heavy atom. The second kappa shape index (κ2) is 6.85. The van der Waals surface area contributed by atoms with Crippen LogP contribution in [0.2, 0.25) is 0 Å². The van der Waals surface area contributed by atoms with E-state index in [9.17, 15) is 0 Å². The number of piperidine rings is 1. The smallest absolute Gasteiger partial charge is 0.0655 e. The van der Waals surface area contributed by atoms with Crippen LogP contribution in [0.25, 0.3) is 0 Å². The summed E-state index contributed by atoms with van der Waals surface area (Å²) in [6.45, 7) is 6.84. The molecule has 0 spiro atoms. The van der Waals surface area contributed by atoms with Crippen LogP contribution in [0, 0.1) is 29.1 Å². The summed E-state index contributed by atoms with van der Waals surface area (Å²) in [7, 11) is 0. The number of rotatable bonds is 5. The minimum Gasteiger partial charge on any atom is -0.316 e. The number of nitriles is 1. The van der Waals surface area contributed by atoms with Crippen molar-refractivity contribution in [2.45, 2.75) is 46.0 Å². The molecule has 2 nitrogen and oxygen atoms in total. The standard InChI is InChI=1S/C13H24N2/c1-3-12(9-14)7-6-11(2)13-5-4-8-15-10-13/h11-13,15H,3-8,10H2,1-2H3. The van der Waals surface area contributed by atoms with Gasteiger partial charge >= 0.3 is 0 Å². The van der Waals surface area contributed by atoms with Crippen LogP contribution in [-0.4, -0.2) is 13.1 Å². The largest absolute Gasteiger partial charge is 0.316 e. The molecule has 1 aliphatic heterocycles. The third-order valence-electron chi connectivity index (χ3n) is 3.79. The molecule has 2 heteroatoms. The Hall–Kier alpha value is -0.550. The van der Waals surface area contributed by atoms with Crippen LogP contribution >= 0.6 is 0 Å². The first kappa shape index (κ1) is 12.5. The van der Waals surface area contributed by atoms with Gasteiger partial charge in [-0.15, -0.1) is 0 Å². The zero-order chi connectivity index (χ0) is 11.1. The van der Waals surface area contributed by atoms with Crippen molar-refractivity contribution in [3.05, 3.63) is 0 Å². The predicted molar refractivity (Wildman–Crippen MR) is 63.4 cm³/mol. The molecule has 1 aliphatic rings. The van der Waals surface area contributed by atoms with Crippen molar-refractivity contribution in [2.24, 2.45) is 17.8 Å². The van der Waals surface area contributed by atoms with Crippen molar-refractivity contribution < 1.29 is 0 Å². The quantitative estimate of drug-likeness (QED) is 0.754. The molecule has 0 aromatic carbocycles. The highest BCUT2D eigenvalue weighted by atomic mass is 14.9. The molecule has 0 bridgehead atoms. The molecular weight excluding hydrogens is 184 g/mol. The summed E-state index contributed by atoms with van der Waals surface area (Å²) in [5, 5.41) is 12.4. The Balaban J connectivity index is 2.22. The highest BCUT2D eigenvalue weighted by Gasteiger charge is 2.20. The molecule has 86 valence electrons. The van der Waals surface area contributed by atoms with Gasteiger partial charge in [-0.25, -0.2) is 0 Å². The van der Waals surface area contributed by atoms with Gasteiger partial charge in [0, 0.05) is 5.92 Å². The fourth-order valence-corrected chi connectivity index (χ4v) is 2.42. The van der Waals surface area contributed by atoms with Gasteiger partial charge in [-0.2, -0.15) is 5.26 Å². The Morgan fingerprint density at radius 1 is 1.47 bits per heavy atom. The lowest BCUT2D eigenvalue weighted by molar-refractivity contribution is 0.258. The Labute approximate surface area is 94.1 Å². The van der Waals surface area contributed by atoms with Crippen LogP contribution in [0.3, 0.4) is 0 Å².